The van der Waals surface area contributed by atoms with Gasteiger partial charge in [-0.3, -0.25) is 9.48 Å². The molecule has 1 amide bonds. The highest BCUT2D eigenvalue weighted by atomic mass is 79.9. The molecule has 1 unspecified atom stereocenters. The topological polar surface area (TPSA) is 64.2 Å². The number of fused-ring (bicyclic) bond motifs is 1. The Hall–Kier alpha value is -3.26. The average molecular weight is 481 g/mol. The molecule has 1 atom stereocenters. The number of aryl methyl sites for hydroxylation is 1. The Morgan fingerprint density at radius 1 is 1.23 bits per heavy atom. The van der Waals surface area contributed by atoms with E-state index in [1.54, 1.807) is 21.7 Å². The van der Waals surface area contributed by atoms with Crippen molar-refractivity contribution in [3.05, 3.63) is 93.6 Å². The van der Waals surface area contributed by atoms with Crippen LogP contribution in [-0.4, -0.2) is 32.3 Å². The summed E-state index contributed by atoms with van der Waals surface area (Å²) in [6.07, 6.45) is 3.81. The summed E-state index contributed by atoms with van der Waals surface area (Å²) < 4.78 is 22.0. The lowest BCUT2D eigenvalue weighted by Gasteiger charge is -2.34. The van der Waals surface area contributed by atoms with E-state index < -0.39 is 5.82 Å². The third-order valence-electron chi connectivity index (χ3n) is 5.53. The lowest BCUT2D eigenvalue weighted by atomic mass is 9.86. The van der Waals surface area contributed by atoms with Crippen LogP contribution in [0.1, 0.15) is 33.1 Å². The fourth-order valence-corrected chi connectivity index (χ4v) is 4.35. The van der Waals surface area contributed by atoms with Gasteiger partial charge in [-0.15, -0.1) is 0 Å². The molecule has 2 aromatic carbocycles. The van der Waals surface area contributed by atoms with Crippen LogP contribution in [0.2, 0.25) is 0 Å². The van der Waals surface area contributed by atoms with Gasteiger partial charge in [0.2, 0.25) is 0 Å². The van der Waals surface area contributed by atoms with Gasteiger partial charge in [-0.05, 0) is 34.9 Å². The van der Waals surface area contributed by atoms with E-state index in [1.807, 2.05) is 37.6 Å². The molecule has 5 rings (SSSR count). The minimum atomic E-state index is -0.451. The molecule has 0 N–H and O–H groups in total. The number of rotatable bonds is 3. The van der Waals surface area contributed by atoms with Gasteiger partial charge in [0, 0.05) is 42.8 Å². The number of amides is 1. The van der Waals surface area contributed by atoms with Gasteiger partial charge < -0.3 is 9.42 Å². The highest BCUT2D eigenvalue weighted by Gasteiger charge is 2.31. The monoisotopic (exact) mass is 480 g/mol. The molecule has 0 saturated heterocycles. The molecular weight excluding hydrogens is 463 g/mol. The second-order valence-corrected chi connectivity index (χ2v) is 8.50. The van der Waals surface area contributed by atoms with Crippen LogP contribution in [0.4, 0.5) is 4.39 Å². The SMILES string of the molecule is Cn1cc(C2CN(C(=O)c3cc(-c4ccc(Br)cc4F)on3)Cc3ccccc32)cn1. The van der Waals surface area contributed by atoms with Crippen LogP contribution in [0.15, 0.2) is 69.9 Å². The maximum absolute atomic E-state index is 14.3. The van der Waals surface area contributed by atoms with Gasteiger partial charge in [-0.25, -0.2) is 4.39 Å². The zero-order chi connectivity index (χ0) is 21.5. The van der Waals surface area contributed by atoms with Gasteiger partial charge in [0.25, 0.3) is 5.91 Å². The van der Waals surface area contributed by atoms with Gasteiger partial charge in [0.15, 0.2) is 11.5 Å². The van der Waals surface area contributed by atoms with Gasteiger partial charge in [0.1, 0.15) is 5.82 Å². The average Bonchev–Trinajstić information content (AvgIpc) is 3.42. The molecule has 0 fully saturated rings. The Morgan fingerprint density at radius 3 is 2.84 bits per heavy atom. The summed E-state index contributed by atoms with van der Waals surface area (Å²) >= 11 is 3.24. The minimum Gasteiger partial charge on any atom is -0.355 e. The molecule has 8 heteroatoms. The molecule has 1 aliphatic rings. The van der Waals surface area contributed by atoms with Crippen molar-refractivity contribution < 1.29 is 13.7 Å². The number of hydrogen-bond donors (Lipinski definition) is 0. The Morgan fingerprint density at radius 2 is 2.06 bits per heavy atom. The highest BCUT2D eigenvalue weighted by molar-refractivity contribution is 9.10. The van der Waals surface area contributed by atoms with Gasteiger partial charge in [-0.2, -0.15) is 5.10 Å². The predicted molar refractivity (Wildman–Crippen MR) is 116 cm³/mol. The number of benzene rings is 2. The Labute approximate surface area is 186 Å². The molecular formula is C23H18BrFN4O2. The number of nitrogens with zero attached hydrogens (tertiary/aromatic N) is 4. The Kier molecular flexibility index (Phi) is 4.94. The first-order valence-electron chi connectivity index (χ1n) is 9.77. The van der Waals surface area contributed by atoms with Gasteiger partial charge in [-0.1, -0.05) is 45.4 Å². The predicted octanol–water partition coefficient (Wildman–Crippen LogP) is 4.76. The summed E-state index contributed by atoms with van der Waals surface area (Å²) in [5.74, 6) is -0.476. The van der Waals surface area contributed by atoms with Crippen molar-refractivity contribution in [3.63, 3.8) is 0 Å². The number of hydrogen-bond acceptors (Lipinski definition) is 4. The van der Waals surface area contributed by atoms with Crippen molar-refractivity contribution in [2.45, 2.75) is 12.5 Å². The smallest absolute Gasteiger partial charge is 0.276 e. The van der Waals surface area contributed by atoms with E-state index in [0.717, 1.165) is 11.1 Å². The molecule has 0 saturated carbocycles. The zero-order valence-corrected chi connectivity index (χ0v) is 18.2. The van der Waals surface area contributed by atoms with Crippen molar-refractivity contribution in [2.75, 3.05) is 6.54 Å². The van der Waals surface area contributed by atoms with E-state index >= 15 is 0 Å². The molecule has 6 nitrogen and oxygen atoms in total. The third kappa shape index (κ3) is 3.67. The van der Waals surface area contributed by atoms with Crippen LogP contribution < -0.4 is 0 Å². The largest absolute Gasteiger partial charge is 0.355 e. The summed E-state index contributed by atoms with van der Waals surface area (Å²) in [6.45, 7) is 0.969. The highest BCUT2D eigenvalue weighted by Crippen LogP contribution is 2.34. The Bertz CT molecular complexity index is 1280. The molecule has 0 bridgehead atoms. The van der Waals surface area contributed by atoms with E-state index in [-0.39, 0.29) is 28.8 Å². The van der Waals surface area contributed by atoms with Crippen molar-refractivity contribution in [1.82, 2.24) is 19.8 Å². The fourth-order valence-electron chi connectivity index (χ4n) is 4.02. The molecule has 0 aliphatic carbocycles. The minimum absolute atomic E-state index is 0.0119. The van der Waals surface area contributed by atoms with Gasteiger partial charge >= 0.3 is 0 Å². The van der Waals surface area contributed by atoms with Crippen LogP contribution in [-0.2, 0) is 13.6 Å². The standard InChI is InChI=1S/C23H18BrFN4O2/c1-28-11-15(10-26-28)19-13-29(12-14-4-2-3-5-17(14)19)23(30)21-9-22(31-27-21)18-7-6-16(24)8-20(18)25/h2-11,19H,12-13H2,1H3. The first kappa shape index (κ1) is 19.7. The van der Waals surface area contributed by atoms with Crippen LogP contribution >= 0.6 is 15.9 Å². The maximum atomic E-state index is 14.3. The molecule has 3 heterocycles. The fraction of sp³-hybridized carbons (Fsp3) is 0.174. The molecule has 0 radical (unpaired) electrons. The number of carbonyl (C=O) groups excluding carboxylic acids is 1. The van der Waals surface area contributed by atoms with E-state index in [2.05, 4.69) is 32.3 Å². The van der Waals surface area contributed by atoms with Crippen LogP contribution in [0.3, 0.4) is 0 Å². The number of aromatic nitrogens is 3. The van der Waals surface area contributed by atoms with E-state index in [4.69, 9.17) is 4.52 Å². The molecule has 31 heavy (non-hydrogen) atoms. The lowest BCUT2D eigenvalue weighted by molar-refractivity contribution is 0.0714. The number of halogens is 2. The lowest BCUT2D eigenvalue weighted by Crippen LogP contribution is -2.38. The summed E-state index contributed by atoms with van der Waals surface area (Å²) in [7, 11) is 1.87. The first-order chi connectivity index (χ1) is 15.0. The Balaban J connectivity index is 1.45. The number of carbonyl (C=O) groups is 1. The van der Waals surface area contributed by atoms with Crippen molar-refractivity contribution in [2.24, 2.45) is 7.05 Å². The molecule has 4 aromatic rings. The quantitative estimate of drug-likeness (QED) is 0.423. The van der Waals surface area contributed by atoms with Crippen LogP contribution in [0, 0.1) is 5.82 Å². The summed E-state index contributed by atoms with van der Waals surface area (Å²) in [5, 5.41) is 8.22. The normalized spacial score (nSPS) is 15.7. The van der Waals surface area contributed by atoms with Crippen molar-refractivity contribution >= 4 is 21.8 Å². The summed E-state index contributed by atoms with van der Waals surface area (Å²) in [5.41, 5.74) is 3.73. The maximum Gasteiger partial charge on any atom is 0.276 e. The summed E-state index contributed by atoms with van der Waals surface area (Å²) in [4.78, 5) is 15.0. The van der Waals surface area contributed by atoms with Crippen molar-refractivity contribution in [1.29, 1.82) is 0 Å². The molecule has 1 aliphatic heterocycles. The third-order valence-corrected chi connectivity index (χ3v) is 6.03. The van der Waals surface area contributed by atoms with Crippen molar-refractivity contribution in [3.8, 4) is 11.3 Å². The second kappa shape index (κ2) is 7.77. The summed E-state index contributed by atoms with van der Waals surface area (Å²) in [6, 6.07) is 14.2. The molecule has 156 valence electrons. The van der Waals surface area contributed by atoms with E-state index in [1.165, 1.54) is 17.7 Å². The van der Waals surface area contributed by atoms with E-state index in [0.29, 0.717) is 17.6 Å². The molecule has 2 aromatic heterocycles. The van der Waals surface area contributed by atoms with E-state index in [9.17, 15) is 9.18 Å². The first-order valence-corrected chi connectivity index (χ1v) is 10.6. The van der Waals surface area contributed by atoms with Gasteiger partial charge in [0.05, 0.1) is 11.8 Å². The zero-order valence-electron chi connectivity index (χ0n) is 16.6. The second-order valence-electron chi connectivity index (χ2n) is 7.58. The van der Waals surface area contributed by atoms with Crippen LogP contribution in [0.25, 0.3) is 11.3 Å². The molecule has 0 spiro atoms. The van der Waals surface area contributed by atoms with Crippen LogP contribution in [0.5, 0.6) is 0 Å².